The Labute approximate surface area is 77.3 Å². The van der Waals surface area contributed by atoms with Crippen LogP contribution in [0.5, 0.6) is 5.75 Å². The molecule has 0 aliphatic carbocycles. The highest BCUT2D eigenvalue weighted by atomic mass is 16.5. The minimum atomic E-state index is 0.452. The lowest BCUT2D eigenvalue weighted by atomic mass is 10.2. The smallest absolute Gasteiger partial charge is 0.391 e. The van der Waals surface area contributed by atoms with Gasteiger partial charge in [-0.3, -0.25) is 0 Å². The van der Waals surface area contributed by atoms with Crippen molar-refractivity contribution in [3.8, 4) is 5.75 Å². The average Bonchev–Trinajstić information content (AvgIpc) is 2.16. The van der Waals surface area contributed by atoms with E-state index in [1.807, 2.05) is 19.1 Å². The summed E-state index contributed by atoms with van der Waals surface area (Å²) in [5, 5.41) is 8.62. The molecule has 0 saturated heterocycles. The van der Waals surface area contributed by atoms with Gasteiger partial charge >= 0.3 is 5.69 Å². The van der Waals surface area contributed by atoms with Crippen molar-refractivity contribution in [2.24, 2.45) is 0 Å². The molecule has 1 rings (SSSR count). The Morgan fingerprint density at radius 1 is 1.62 bits per heavy atom. The Morgan fingerprint density at radius 3 is 3.00 bits per heavy atom. The predicted octanol–water partition coefficient (Wildman–Crippen LogP) is 3.04. The summed E-state index contributed by atoms with van der Waals surface area (Å²) in [6.45, 7) is 5.86. The molecule has 3 heteroatoms. The third-order valence-corrected chi connectivity index (χ3v) is 1.66. The minimum Gasteiger partial charge on any atom is -0.489 e. The molecule has 0 aliphatic rings. The zero-order valence-electron chi connectivity index (χ0n) is 7.53. The van der Waals surface area contributed by atoms with Gasteiger partial charge in [-0.05, 0) is 19.1 Å². The summed E-state index contributed by atoms with van der Waals surface area (Å²) >= 11 is 0. The number of hydrogen-bond donors (Lipinski definition) is 0. The van der Waals surface area contributed by atoms with Crippen molar-refractivity contribution in [1.82, 2.24) is 0 Å². The van der Waals surface area contributed by atoms with E-state index in [-0.39, 0.29) is 0 Å². The lowest BCUT2D eigenvalue weighted by Crippen LogP contribution is -1.92. The maximum atomic E-state index is 8.62. The highest BCUT2D eigenvalue weighted by molar-refractivity contribution is 5.54. The number of hydrogen-bond acceptors (Lipinski definition) is 2. The predicted molar refractivity (Wildman–Crippen MR) is 51.6 cm³/mol. The molecule has 0 fully saturated rings. The first-order valence-corrected chi connectivity index (χ1v) is 3.97. The molecule has 0 heterocycles. The molecule has 3 nitrogen and oxygen atoms in total. The Bertz CT molecular complexity index is 352. The maximum absolute atomic E-state index is 8.62. The number of aryl methyl sites for hydroxylation is 1. The lowest BCUT2D eigenvalue weighted by Gasteiger charge is -2.00. The molecule has 0 aliphatic heterocycles. The zero-order valence-corrected chi connectivity index (χ0v) is 7.53. The first-order chi connectivity index (χ1) is 6.27. The molecule has 0 saturated carbocycles. The summed E-state index contributed by atoms with van der Waals surface area (Å²) in [6.07, 6.45) is 1.66. The topological polar surface area (TPSA) is 37.4 Å². The van der Waals surface area contributed by atoms with Crippen LogP contribution < -0.4 is 4.74 Å². The van der Waals surface area contributed by atoms with E-state index >= 15 is 0 Å². The lowest BCUT2D eigenvalue weighted by molar-refractivity contribution is 0.363. The molecule has 0 spiro atoms. The summed E-state index contributed by atoms with van der Waals surface area (Å²) < 4.78 is 5.26. The molecule has 0 N–H and O–H groups in total. The van der Waals surface area contributed by atoms with Crippen LogP contribution in [-0.4, -0.2) is 6.61 Å². The molecule has 1 aromatic rings. The Kier molecular flexibility index (Phi) is 3.04. The highest BCUT2D eigenvalue weighted by Crippen LogP contribution is 2.24. The van der Waals surface area contributed by atoms with Crippen LogP contribution in [0.4, 0.5) is 5.69 Å². The van der Waals surface area contributed by atoms with Crippen molar-refractivity contribution >= 4 is 5.69 Å². The zero-order chi connectivity index (χ0) is 9.68. The summed E-state index contributed by atoms with van der Waals surface area (Å²) in [4.78, 5) is 3.13. The van der Waals surface area contributed by atoms with Gasteiger partial charge < -0.3 is 4.74 Å². The van der Waals surface area contributed by atoms with Crippen LogP contribution in [0.2, 0.25) is 0 Å². The molecule has 0 bridgehead atoms. The van der Waals surface area contributed by atoms with E-state index < -0.39 is 0 Å². The van der Waals surface area contributed by atoms with E-state index in [1.165, 1.54) is 0 Å². The Balaban J connectivity index is 2.87. The average molecular weight is 175 g/mol. The van der Waals surface area contributed by atoms with E-state index in [9.17, 15) is 0 Å². The summed E-state index contributed by atoms with van der Waals surface area (Å²) in [5.41, 5.74) is 1.44. The van der Waals surface area contributed by atoms with Crippen molar-refractivity contribution in [1.29, 1.82) is 5.39 Å². The molecule has 0 unspecified atom stereocenters. The molecular weight excluding hydrogens is 164 g/mol. The first kappa shape index (κ1) is 9.27. The number of diazo groups is 1. The second-order valence-electron chi connectivity index (χ2n) is 2.65. The van der Waals surface area contributed by atoms with Gasteiger partial charge in [-0.1, -0.05) is 12.7 Å². The molecule has 66 valence electrons. The van der Waals surface area contributed by atoms with Crippen molar-refractivity contribution in [3.63, 3.8) is 0 Å². The van der Waals surface area contributed by atoms with Crippen LogP contribution in [0.25, 0.3) is 4.98 Å². The Morgan fingerprint density at radius 2 is 2.38 bits per heavy atom. The van der Waals surface area contributed by atoms with Gasteiger partial charge in [0, 0.05) is 5.56 Å². The molecule has 0 amide bonds. The number of benzene rings is 1. The molecule has 0 aromatic heterocycles. The largest absolute Gasteiger partial charge is 0.489 e. The van der Waals surface area contributed by atoms with Crippen LogP contribution >= 0.6 is 0 Å². The second-order valence-corrected chi connectivity index (χ2v) is 2.65. The van der Waals surface area contributed by atoms with Gasteiger partial charge in [0.25, 0.3) is 0 Å². The number of nitrogens with zero attached hydrogens (tertiary/aromatic N) is 2. The van der Waals surface area contributed by atoms with Gasteiger partial charge in [-0.25, -0.2) is 0 Å². The fraction of sp³-hybridized carbons (Fsp3) is 0.200. The fourth-order valence-electron chi connectivity index (χ4n) is 0.942. The van der Waals surface area contributed by atoms with Crippen molar-refractivity contribution in [2.75, 3.05) is 6.61 Å². The van der Waals surface area contributed by atoms with Gasteiger partial charge in [-0.2, -0.15) is 0 Å². The normalized spacial score (nSPS) is 8.92. The van der Waals surface area contributed by atoms with E-state index in [0.717, 1.165) is 5.56 Å². The first-order valence-electron chi connectivity index (χ1n) is 3.97. The minimum absolute atomic E-state index is 0.452. The molecule has 13 heavy (non-hydrogen) atoms. The van der Waals surface area contributed by atoms with Crippen LogP contribution in [0.1, 0.15) is 5.56 Å². The second kappa shape index (κ2) is 4.27. The summed E-state index contributed by atoms with van der Waals surface area (Å²) in [6, 6.07) is 5.35. The summed E-state index contributed by atoms with van der Waals surface area (Å²) in [5.74, 6) is 0.679. The molecular formula is C10H11N2O+. The third-order valence-electron chi connectivity index (χ3n) is 1.66. The molecule has 0 atom stereocenters. The molecule has 1 aromatic carbocycles. The van der Waals surface area contributed by atoms with Crippen LogP contribution in [-0.2, 0) is 0 Å². The van der Waals surface area contributed by atoms with Gasteiger partial charge in [0.2, 0.25) is 5.39 Å². The quantitative estimate of drug-likeness (QED) is 0.523. The third kappa shape index (κ3) is 2.31. The maximum Gasteiger partial charge on any atom is 0.391 e. The highest BCUT2D eigenvalue weighted by Gasteiger charge is 2.10. The standard InChI is InChI=1S/C10H11N2O/c1-3-6-13-9-5-4-8(2)10(7-9)12-11/h3-5,7H,1,6H2,2H3/q+1. The number of rotatable bonds is 3. The number of ether oxygens (including phenoxy) is 1. The van der Waals surface area contributed by atoms with E-state index in [1.54, 1.807) is 12.1 Å². The van der Waals surface area contributed by atoms with Gasteiger partial charge in [0.15, 0.2) is 4.98 Å². The van der Waals surface area contributed by atoms with Crippen molar-refractivity contribution < 1.29 is 4.74 Å². The van der Waals surface area contributed by atoms with E-state index in [0.29, 0.717) is 18.0 Å². The van der Waals surface area contributed by atoms with E-state index in [4.69, 9.17) is 10.1 Å². The van der Waals surface area contributed by atoms with Gasteiger partial charge in [0.05, 0.1) is 6.07 Å². The van der Waals surface area contributed by atoms with Crippen LogP contribution in [0.15, 0.2) is 30.9 Å². The van der Waals surface area contributed by atoms with Crippen molar-refractivity contribution in [2.45, 2.75) is 6.92 Å². The summed E-state index contributed by atoms with van der Waals surface area (Å²) in [7, 11) is 0. The fourth-order valence-corrected chi connectivity index (χ4v) is 0.942. The van der Waals surface area contributed by atoms with Gasteiger partial charge in [-0.15, -0.1) is 0 Å². The SMILES string of the molecule is C=CCOc1ccc(C)c([N+]#N)c1. The van der Waals surface area contributed by atoms with Crippen LogP contribution in [0, 0.1) is 12.3 Å². The van der Waals surface area contributed by atoms with Crippen LogP contribution in [0.3, 0.4) is 0 Å². The van der Waals surface area contributed by atoms with E-state index in [2.05, 4.69) is 11.6 Å². The Hall–Kier alpha value is -1.82. The molecule has 0 radical (unpaired) electrons. The van der Waals surface area contributed by atoms with Crippen molar-refractivity contribution in [3.05, 3.63) is 41.4 Å². The monoisotopic (exact) mass is 175 g/mol. The van der Waals surface area contributed by atoms with Gasteiger partial charge in [0.1, 0.15) is 12.4 Å².